The van der Waals surface area contributed by atoms with Gasteiger partial charge in [-0.1, -0.05) is 19.0 Å². The number of hydrogen-bond donors (Lipinski definition) is 1. The third-order valence-electron chi connectivity index (χ3n) is 1.92. The summed E-state index contributed by atoms with van der Waals surface area (Å²) in [5.74, 6) is 1.50. The summed E-state index contributed by atoms with van der Waals surface area (Å²) in [5, 5.41) is 3.91. The lowest BCUT2D eigenvalue weighted by molar-refractivity contribution is 0.385. The monoisotopic (exact) mass is 218 g/mol. The number of nitrogens with two attached hydrogens (primary N) is 1. The van der Waals surface area contributed by atoms with Crippen LogP contribution in [0, 0.1) is 12.8 Å². The highest BCUT2D eigenvalue weighted by Crippen LogP contribution is 2.09. The van der Waals surface area contributed by atoms with Gasteiger partial charge in [0.2, 0.25) is 0 Å². The van der Waals surface area contributed by atoms with Gasteiger partial charge in [0.15, 0.2) is 0 Å². The minimum Gasteiger partial charge on any atom is -0.361 e. The Kier molecular flexibility index (Phi) is 5.81. The van der Waals surface area contributed by atoms with Crippen LogP contribution in [0.3, 0.4) is 0 Å². The summed E-state index contributed by atoms with van der Waals surface area (Å²) >= 11 is 0. The molecule has 0 saturated heterocycles. The van der Waals surface area contributed by atoms with Gasteiger partial charge in [0.1, 0.15) is 5.76 Å². The van der Waals surface area contributed by atoms with E-state index in [0.717, 1.165) is 24.3 Å². The molecule has 0 bridgehead atoms. The lowest BCUT2D eigenvalue weighted by Gasteiger charge is -2.11. The molecule has 0 fully saturated rings. The van der Waals surface area contributed by atoms with E-state index in [0.29, 0.717) is 5.92 Å². The zero-order valence-corrected chi connectivity index (χ0v) is 9.80. The predicted octanol–water partition coefficient (Wildman–Crippen LogP) is 2.32. The number of halogens is 1. The minimum absolute atomic E-state index is 0. The molecule has 2 N–H and O–H groups in total. The molecule has 14 heavy (non-hydrogen) atoms. The van der Waals surface area contributed by atoms with Crippen LogP contribution in [0.1, 0.15) is 31.7 Å². The van der Waals surface area contributed by atoms with Crippen molar-refractivity contribution in [3.8, 4) is 0 Å². The Morgan fingerprint density at radius 1 is 1.50 bits per heavy atom. The SMILES string of the molecule is Cc1cc(CC(N)CC(C)C)no1.Cl. The van der Waals surface area contributed by atoms with Crippen molar-refractivity contribution in [3.05, 3.63) is 17.5 Å². The molecule has 0 aliphatic rings. The van der Waals surface area contributed by atoms with E-state index in [-0.39, 0.29) is 18.4 Å². The van der Waals surface area contributed by atoms with E-state index in [1.54, 1.807) is 0 Å². The van der Waals surface area contributed by atoms with Crippen LogP contribution in [-0.4, -0.2) is 11.2 Å². The standard InChI is InChI=1S/C10H18N2O.ClH/c1-7(2)4-9(11)6-10-5-8(3)13-12-10;/h5,7,9H,4,6,11H2,1-3H3;1H. The normalized spacial score (nSPS) is 12.6. The average Bonchev–Trinajstić information content (AvgIpc) is 2.33. The summed E-state index contributed by atoms with van der Waals surface area (Å²) in [6.45, 7) is 6.24. The van der Waals surface area contributed by atoms with Gasteiger partial charge in [-0.2, -0.15) is 0 Å². The molecule has 1 atom stereocenters. The maximum atomic E-state index is 5.93. The quantitative estimate of drug-likeness (QED) is 0.844. The van der Waals surface area contributed by atoms with Gasteiger partial charge in [-0.05, 0) is 19.3 Å². The van der Waals surface area contributed by atoms with E-state index in [1.807, 2.05) is 13.0 Å². The molecule has 1 unspecified atom stereocenters. The van der Waals surface area contributed by atoms with Crippen molar-refractivity contribution in [2.45, 2.75) is 39.7 Å². The first-order valence-electron chi connectivity index (χ1n) is 4.75. The molecule has 0 spiro atoms. The van der Waals surface area contributed by atoms with Gasteiger partial charge in [0.05, 0.1) is 5.69 Å². The van der Waals surface area contributed by atoms with E-state index in [1.165, 1.54) is 0 Å². The summed E-state index contributed by atoms with van der Waals surface area (Å²) in [5.41, 5.74) is 6.90. The Morgan fingerprint density at radius 2 is 2.14 bits per heavy atom. The van der Waals surface area contributed by atoms with Crippen molar-refractivity contribution in [3.63, 3.8) is 0 Å². The lowest BCUT2D eigenvalue weighted by atomic mass is 10.0. The highest BCUT2D eigenvalue weighted by Gasteiger charge is 2.09. The molecular weight excluding hydrogens is 200 g/mol. The van der Waals surface area contributed by atoms with Crippen molar-refractivity contribution in [2.75, 3.05) is 0 Å². The van der Waals surface area contributed by atoms with Crippen LogP contribution >= 0.6 is 12.4 Å². The van der Waals surface area contributed by atoms with Gasteiger partial charge < -0.3 is 10.3 Å². The van der Waals surface area contributed by atoms with Crippen molar-refractivity contribution < 1.29 is 4.52 Å². The van der Waals surface area contributed by atoms with Crippen LogP contribution in [0.4, 0.5) is 0 Å². The molecule has 82 valence electrons. The summed E-state index contributed by atoms with van der Waals surface area (Å²) in [4.78, 5) is 0. The third-order valence-corrected chi connectivity index (χ3v) is 1.92. The minimum atomic E-state index is 0. The highest BCUT2D eigenvalue weighted by molar-refractivity contribution is 5.85. The van der Waals surface area contributed by atoms with E-state index in [2.05, 4.69) is 19.0 Å². The van der Waals surface area contributed by atoms with Crippen LogP contribution in [0.5, 0.6) is 0 Å². The van der Waals surface area contributed by atoms with Gasteiger partial charge in [0.25, 0.3) is 0 Å². The summed E-state index contributed by atoms with van der Waals surface area (Å²) in [7, 11) is 0. The van der Waals surface area contributed by atoms with Gasteiger partial charge in [-0.25, -0.2) is 0 Å². The lowest BCUT2D eigenvalue weighted by Crippen LogP contribution is -2.24. The van der Waals surface area contributed by atoms with Gasteiger partial charge in [-0.3, -0.25) is 0 Å². The molecule has 4 heteroatoms. The Morgan fingerprint density at radius 3 is 2.57 bits per heavy atom. The van der Waals surface area contributed by atoms with Crippen molar-refractivity contribution >= 4 is 12.4 Å². The molecule has 1 aromatic rings. The smallest absolute Gasteiger partial charge is 0.133 e. The molecule has 0 aliphatic heterocycles. The first-order chi connectivity index (χ1) is 6.08. The molecule has 3 nitrogen and oxygen atoms in total. The second-order valence-electron chi connectivity index (χ2n) is 4.02. The Balaban J connectivity index is 0.00000169. The molecule has 0 aliphatic carbocycles. The Labute approximate surface area is 91.4 Å². The van der Waals surface area contributed by atoms with Crippen molar-refractivity contribution in [1.82, 2.24) is 5.16 Å². The van der Waals surface area contributed by atoms with E-state index < -0.39 is 0 Å². The fourth-order valence-electron chi connectivity index (χ4n) is 1.47. The van der Waals surface area contributed by atoms with Crippen LogP contribution in [0.2, 0.25) is 0 Å². The Bertz CT molecular complexity index is 260. The summed E-state index contributed by atoms with van der Waals surface area (Å²) in [6, 6.07) is 2.14. The summed E-state index contributed by atoms with van der Waals surface area (Å²) < 4.78 is 4.96. The molecule has 0 saturated carbocycles. The zero-order chi connectivity index (χ0) is 9.84. The van der Waals surface area contributed by atoms with E-state index in [9.17, 15) is 0 Å². The fourth-order valence-corrected chi connectivity index (χ4v) is 1.47. The van der Waals surface area contributed by atoms with E-state index >= 15 is 0 Å². The molecule has 0 amide bonds. The maximum absolute atomic E-state index is 5.93. The number of rotatable bonds is 4. The van der Waals surface area contributed by atoms with Gasteiger partial charge in [-0.15, -0.1) is 12.4 Å². The molecule has 1 rings (SSSR count). The molecule has 1 heterocycles. The number of aryl methyl sites for hydroxylation is 1. The second kappa shape index (κ2) is 6.04. The first-order valence-corrected chi connectivity index (χ1v) is 4.75. The van der Waals surface area contributed by atoms with Crippen molar-refractivity contribution in [2.24, 2.45) is 11.7 Å². The predicted molar refractivity (Wildman–Crippen MR) is 59.6 cm³/mol. The third kappa shape index (κ3) is 4.63. The zero-order valence-electron chi connectivity index (χ0n) is 8.99. The first kappa shape index (κ1) is 13.5. The second-order valence-corrected chi connectivity index (χ2v) is 4.02. The molecule has 1 aromatic heterocycles. The van der Waals surface area contributed by atoms with Crippen LogP contribution in [-0.2, 0) is 6.42 Å². The van der Waals surface area contributed by atoms with Crippen LogP contribution < -0.4 is 5.73 Å². The molecule has 0 aromatic carbocycles. The number of nitrogens with zero attached hydrogens (tertiary/aromatic N) is 1. The van der Waals surface area contributed by atoms with Gasteiger partial charge in [0, 0.05) is 18.5 Å². The fraction of sp³-hybridized carbons (Fsp3) is 0.700. The molecule has 0 radical (unpaired) electrons. The molecular formula is C10H19ClN2O. The number of aromatic nitrogens is 1. The van der Waals surface area contributed by atoms with Crippen molar-refractivity contribution in [1.29, 1.82) is 0 Å². The summed E-state index contributed by atoms with van der Waals surface area (Å²) in [6.07, 6.45) is 1.85. The van der Waals surface area contributed by atoms with Crippen LogP contribution in [0.15, 0.2) is 10.6 Å². The topological polar surface area (TPSA) is 52.0 Å². The van der Waals surface area contributed by atoms with Gasteiger partial charge >= 0.3 is 0 Å². The average molecular weight is 219 g/mol. The maximum Gasteiger partial charge on any atom is 0.133 e. The number of hydrogen-bond acceptors (Lipinski definition) is 3. The Hall–Kier alpha value is -0.540. The van der Waals surface area contributed by atoms with E-state index in [4.69, 9.17) is 10.3 Å². The highest BCUT2D eigenvalue weighted by atomic mass is 35.5. The largest absolute Gasteiger partial charge is 0.361 e. The van der Waals surface area contributed by atoms with Crippen LogP contribution in [0.25, 0.3) is 0 Å².